The number of aromatic hydroxyl groups is 2. The van der Waals surface area contributed by atoms with Gasteiger partial charge in [-0.25, -0.2) is 0 Å². The van der Waals surface area contributed by atoms with E-state index in [-0.39, 0.29) is 16.9 Å². The van der Waals surface area contributed by atoms with E-state index >= 15 is 0 Å². The first kappa shape index (κ1) is 13.8. The minimum absolute atomic E-state index is 0.0256. The standard InChI is InChI=1S/C14H23NO2/c1-10(2)14(3,4)9-15-8-11-6-5-7-12(16)13(11)17/h5-7,10,15-17H,8-9H2,1-4H3. The summed E-state index contributed by atoms with van der Waals surface area (Å²) in [6.07, 6.45) is 0. The molecule has 1 aromatic carbocycles. The molecule has 0 saturated heterocycles. The smallest absolute Gasteiger partial charge is 0.161 e. The Bertz CT molecular complexity index is 372. The summed E-state index contributed by atoms with van der Waals surface area (Å²) in [5, 5.41) is 22.3. The highest BCUT2D eigenvalue weighted by Gasteiger charge is 2.21. The Hall–Kier alpha value is -1.22. The van der Waals surface area contributed by atoms with Gasteiger partial charge in [0.2, 0.25) is 0 Å². The van der Waals surface area contributed by atoms with E-state index in [1.807, 2.05) is 6.07 Å². The molecule has 0 radical (unpaired) electrons. The van der Waals surface area contributed by atoms with Crippen LogP contribution < -0.4 is 5.32 Å². The largest absolute Gasteiger partial charge is 0.504 e. The van der Waals surface area contributed by atoms with Crippen LogP contribution in [-0.2, 0) is 6.54 Å². The number of hydrogen-bond acceptors (Lipinski definition) is 3. The molecule has 1 aromatic rings. The second-order valence-electron chi connectivity index (χ2n) is 5.53. The zero-order valence-corrected chi connectivity index (χ0v) is 11.1. The van der Waals surface area contributed by atoms with E-state index in [1.165, 1.54) is 6.07 Å². The van der Waals surface area contributed by atoms with Crippen molar-refractivity contribution in [2.75, 3.05) is 6.54 Å². The molecule has 17 heavy (non-hydrogen) atoms. The minimum Gasteiger partial charge on any atom is -0.504 e. The van der Waals surface area contributed by atoms with Crippen LogP contribution in [0.15, 0.2) is 18.2 Å². The van der Waals surface area contributed by atoms with Crippen molar-refractivity contribution in [3.63, 3.8) is 0 Å². The average molecular weight is 237 g/mol. The van der Waals surface area contributed by atoms with Crippen molar-refractivity contribution >= 4 is 0 Å². The predicted octanol–water partition coefficient (Wildman–Crippen LogP) is 2.87. The molecule has 0 aliphatic heterocycles. The van der Waals surface area contributed by atoms with E-state index in [0.717, 1.165) is 12.1 Å². The summed E-state index contributed by atoms with van der Waals surface area (Å²) in [5.41, 5.74) is 0.941. The molecule has 0 bridgehead atoms. The first-order valence-electron chi connectivity index (χ1n) is 6.05. The Morgan fingerprint density at radius 2 is 1.88 bits per heavy atom. The van der Waals surface area contributed by atoms with E-state index in [9.17, 15) is 10.2 Å². The van der Waals surface area contributed by atoms with Gasteiger partial charge in [-0.15, -0.1) is 0 Å². The molecule has 3 heteroatoms. The SMILES string of the molecule is CC(C)C(C)(C)CNCc1cccc(O)c1O. The van der Waals surface area contributed by atoms with Crippen molar-refractivity contribution in [3.8, 4) is 11.5 Å². The van der Waals surface area contributed by atoms with E-state index < -0.39 is 0 Å². The summed E-state index contributed by atoms with van der Waals surface area (Å²) < 4.78 is 0. The molecule has 0 heterocycles. The third-order valence-electron chi connectivity index (χ3n) is 3.56. The van der Waals surface area contributed by atoms with Crippen LogP contribution >= 0.6 is 0 Å². The molecule has 0 amide bonds. The number of nitrogens with one attached hydrogen (secondary N) is 1. The third-order valence-corrected chi connectivity index (χ3v) is 3.56. The fraction of sp³-hybridized carbons (Fsp3) is 0.571. The molecule has 96 valence electrons. The van der Waals surface area contributed by atoms with Crippen molar-refractivity contribution < 1.29 is 10.2 Å². The maximum absolute atomic E-state index is 9.65. The highest BCUT2D eigenvalue weighted by molar-refractivity contribution is 5.44. The second-order valence-corrected chi connectivity index (χ2v) is 5.53. The lowest BCUT2D eigenvalue weighted by molar-refractivity contribution is 0.237. The third kappa shape index (κ3) is 3.63. The van der Waals surface area contributed by atoms with E-state index in [4.69, 9.17) is 0 Å². The fourth-order valence-corrected chi connectivity index (χ4v) is 1.44. The maximum Gasteiger partial charge on any atom is 0.161 e. The molecule has 0 aromatic heterocycles. The van der Waals surface area contributed by atoms with Crippen molar-refractivity contribution in [1.29, 1.82) is 0 Å². The fourth-order valence-electron chi connectivity index (χ4n) is 1.44. The van der Waals surface area contributed by atoms with E-state index in [1.54, 1.807) is 6.07 Å². The molecule has 0 unspecified atom stereocenters. The van der Waals surface area contributed by atoms with Crippen molar-refractivity contribution in [3.05, 3.63) is 23.8 Å². The number of phenolic OH excluding ortho intramolecular Hbond substituents is 2. The van der Waals surface area contributed by atoms with E-state index in [0.29, 0.717) is 12.5 Å². The molecule has 3 N–H and O–H groups in total. The molecule has 0 fully saturated rings. The predicted molar refractivity (Wildman–Crippen MR) is 70.1 cm³/mol. The van der Waals surface area contributed by atoms with Crippen molar-refractivity contribution in [2.24, 2.45) is 11.3 Å². The van der Waals surface area contributed by atoms with Crippen LogP contribution in [-0.4, -0.2) is 16.8 Å². The Morgan fingerprint density at radius 1 is 1.24 bits per heavy atom. The van der Waals surface area contributed by atoms with E-state index in [2.05, 4.69) is 33.0 Å². The molecule has 0 saturated carbocycles. The zero-order valence-electron chi connectivity index (χ0n) is 11.1. The van der Waals surface area contributed by atoms with Crippen LogP contribution in [0, 0.1) is 11.3 Å². The topological polar surface area (TPSA) is 52.5 Å². The van der Waals surface area contributed by atoms with Gasteiger partial charge in [0, 0.05) is 18.7 Å². The number of rotatable bonds is 5. The molecule has 3 nitrogen and oxygen atoms in total. The number of para-hydroxylation sites is 1. The lowest BCUT2D eigenvalue weighted by Gasteiger charge is -2.29. The van der Waals surface area contributed by atoms with Crippen LogP contribution in [0.1, 0.15) is 33.3 Å². The summed E-state index contributed by atoms with van der Waals surface area (Å²) >= 11 is 0. The highest BCUT2D eigenvalue weighted by Crippen LogP contribution is 2.29. The zero-order chi connectivity index (χ0) is 13.1. The van der Waals surface area contributed by atoms with Crippen molar-refractivity contribution in [1.82, 2.24) is 5.32 Å². The first-order valence-corrected chi connectivity index (χ1v) is 6.05. The average Bonchev–Trinajstić information content (AvgIpc) is 2.24. The normalized spacial score (nSPS) is 12.1. The van der Waals surface area contributed by atoms with Crippen LogP contribution in [0.25, 0.3) is 0 Å². The van der Waals surface area contributed by atoms with Gasteiger partial charge in [-0.2, -0.15) is 0 Å². The van der Waals surface area contributed by atoms with Crippen molar-refractivity contribution in [2.45, 2.75) is 34.2 Å². The summed E-state index contributed by atoms with van der Waals surface area (Å²) in [6, 6.07) is 5.03. The van der Waals surface area contributed by atoms with Gasteiger partial charge in [-0.05, 0) is 17.4 Å². The number of benzene rings is 1. The summed E-state index contributed by atoms with van der Waals surface area (Å²) in [4.78, 5) is 0. The quantitative estimate of drug-likeness (QED) is 0.690. The minimum atomic E-state index is -0.0626. The number of hydrogen-bond donors (Lipinski definition) is 3. The summed E-state index contributed by atoms with van der Waals surface area (Å²) in [5.74, 6) is 0.502. The van der Waals surface area contributed by atoms with Gasteiger partial charge < -0.3 is 15.5 Å². The molecular weight excluding hydrogens is 214 g/mol. The van der Waals surface area contributed by atoms with Gasteiger partial charge in [-0.1, -0.05) is 39.8 Å². The number of phenols is 2. The molecule has 0 aliphatic rings. The van der Waals surface area contributed by atoms with Gasteiger partial charge in [-0.3, -0.25) is 0 Å². The van der Waals surface area contributed by atoms with Gasteiger partial charge in [0.25, 0.3) is 0 Å². The van der Waals surface area contributed by atoms with Crippen LogP contribution in [0.3, 0.4) is 0 Å². The van der Waals surface area contributed by atoms with Crippen LogP contribution in [0.4, 0.5) is 0 Å². The summed E-state index contributed by atoms with van der Waals surface area (Å²) in [6.45, 7) is 10.3. The lowest BCUT2D eigenvalue weighted by Crippen LogP contribution is -2.33. The van der Waals surface area contributed by atoms with Crippen LogP contribution in [0.5, 0.6) is 11.5 Å². The molecule has 0 aliphatic carbocycles. The summed E-state index contributed by atoms with van der Waals surface area (Å²) in [7, 11) is 0. The highest BCUT2D eigenvalue weighted by atomic mass is 16.3. The van der Waals surface area contributed by atoms with Gasteiger partial charge in [0.15, 0.2) is 11.5 Å². The second kappa shape index (κ2) is 5.41. The Balaban J connectivity index is 2.55. The molecule has 0 spiro atoms. The van der Waals surface area contributed by atoms with Crippen LogP contribution in [0.2, 0.25) is 0 Å². The Labute approximate surface area is 103 Å². The van der Waals surface area contributed by atoms with Gasteiger partial charge >= 0.3 is 0 Å². The molecule has 1 rings (SSSR count). The van der Waals surface area contributed by atoms with Gasteiger partial charge in [0.1, 0.15) is 0 Å². The Morgan fingerprint density at radius 3 is 2.47 bits per heavy atom. The first-order chi connectivity index (χ1) is 7.84. The maximum atomic E-state index is 9.65. The monoisotopic (exact) mass is 237 g/mol. The molecular formula is C14H23NO2. The van der Waals surface area contributed by atoms with Gasteiger partial charge in [0.05, 0.1) is 0 Å². The Kier molecular flexibility index (Phi) is 4.40. The lowest BCUT2D eigenvalue weighted by atomic mass is 9.81. The molecule has 0 atom stereocenters.